The maximum atomic E-state index is 12.0. The Morgan fingerprint density at radius 3 is 2.35 bits per heavy atom. The van der Waals surface area contributed by atoms with E-state index in [0.717, 1.165) is 11.3 Å². The molecule has 1 unspecified atom stereocenters. The molecule has 6 nitrogen and oxygen atoms in total. The lowest BCUT2D eigenvalue weighted by Crippen LogP contribution is -2.42. The summed E-state index contributed by atoms with van der Waals surface area (Å²) in [5.41, 5.74) is -0.628. The maximum Gasteiger partial charge on any atom is 0.407 e. The number of ether oxygens (including phenoxy) is 1. The number of carbonyl (C=O) groups excluding carboxylic acids is 1. The number of thiophene rings is 1. The van der Waals surface area contributed by atoms with E-state index in [1.165, 1.54) is 6.07 Å². The number of hydrogen-bond acceptors (Lipinski definition) is 5. The number of alkyl carbamates (subject to hydrolysis) is 1. The summed E-state index contributed by atoms with van der Waals surface area (Å²) >= 11 is 1.00. The Morgan fingerprint density at radius 2 is 1.91 bits per heavy atom. The summed E-state index contributed by atoms with van der Waals surface area (Å²) < 4.78 is 5.23. The van der Waals surface area contributed by atoms with Gasteiger partial charge in [-0.25, -0.2) is 9.59 Å². The highest BCUT2D eigenvalue weighted by atomic mass is 32.1. The summed E-state index contributed by atoms with van der Waals surface area (Å²) in [4.78, 5) is 23.6. The maximum absolute atomic E-state index is 12.0. The molecular weight excluding hydrogens is 318 g/mol. The number of nitrogens with one attached hydrogen (secondary N) is 1. The van der Waals surface area contributed by atoms with Crippen molar-refractivity contribution in [1.82, 2.24) is 5.32 Å². The van der Waals surface area contributed by atoms with Gasteiger partial charge in [0.15, 0.2) is 0 Å². The van der Waals surface area contributed by atoms with Gasteiger partial charge in [-0.2, -0.15) is 0 Å². The van der Waals surface area contributed by atoms with Crippen molar-refractivity contribution in [3.05, 3.63) is 21.9 Å². The van der Waals surface area contributed by atoms with E-state index < -0.39 is 29.8 Å². The minimum absolute atomic E-state index is 0.152. The van der Waals surface area contributed by atoms with Gasteiger partial charge < -0.3 is 20.3 Å². The van der Waals surface area contributed by atoms with Crippen LogP contribution in [0.3, 0.4) is 0 Å². The molecule has 0 aliphatic carbocycles. The molecular formula is C16H25NO5S. The average Bonchev–Trinajstić information content (AvgIpc) is 2.83. The number of hydrogen-bond donors (Lipinski definition) is 3. The third-order valence-electron chi connectivity index (χ3n) is 2.94. The second kappa shape index (κ2) is 7.79. The molecule has 0 radical (unpaired) electrons. The summed E-state index contributed by atoms with van der Waals surface area (Å²) in [6, 6.07) is 2.47. The van der Waals surface area contributed by atoms with E-state index in [1.807, 2.05) is 13.8 Å². The molecule has 0 aliphatic heterocycles. The first-order valence-corrected chi connectivity index (χ1v) is 8.32. The van der Waals surface area contributed by atoms with Gasteiger partial charge in [0.1, 0.15) is 16.6 Å². The monoisotopic (exact) mass is 343 g/mol. The summed E-state index contributed by atoms with van der Waals surface area (Å²) in [7, 11) is 0. The van der Waals surface area contributed by atoms with Gasteiger partial charge in [-0.15, -0.1) is 11.3 Å². The minimum Gasteiger partial charge on any atom is -0.477 e. The lowest BCUT2D eigenvalue weighted by molar-refractivity contribution is 0.0405. The van der Waals surface area contributed by atoms with Crippen molar-refractivity contribution in [2.24, 2.45) is 5.92 Å². The molecule has 0 saturated carbocycles. The van der Waals surface area contributed by atoms with Crippen molar-refractivity contribution in [3.63, 3.8) is 0 Å². The number of aromatic carboxylic acids is 1. The fourth-order valence-corrected chi connectivity index (χ4v) is 2.96. The molecule has 23 heavy (non-hydrogen) atoms. The van der Waals surface area contributed by atoms with E-state index in [4.69, 9.17) is 9.84 Å². The van der Waals surface area contributed by atoms with Gasteiger partial charge in [0.05, 0.1) is 6.04 Å². The van der Waals surface area contributed by atoms with Crippen LogP contribution < -0.4 is 5.32 Å². The molecule has 1 aromatic heterocycles. The van der Waals surface area contributed by atoms with E-state index in [0.29, 0.717) is 11.3 Å². The highest BCUT2D eigenvalue weighted by Gasteiger charge is 2.27. The normalized spacial score (nSPS) is 14.4. The van der Waals surface area contributed by atoms with E-state index in [2.05, 4.69) is 5.32 Å². The molecule has 1 heterocycles. The smallest absolute Gasteiger partial charge is 0.407 e. The van der Waals surface area contributed by atoms with E-state index in [-0.39, 0.29) is 10.8 Å². The predicted octanol–water partition coefficient (Wildman–Crippen LogP) is 3.42. The highest BCUT2D eigenvalue weighted by molar-refractivity contribution is 7.14. The summed E-state index contributed by atoms with van der Waals surface area (Å²) in [5.74, 6) is -0.794. The van der Waals surface area contributed by atoms with Gasteiger partial charge >= 0.3 is 12.1 Å². The largest absolute Gasteiger partial charge is 0.477 e. The number of aliphatic hydroxyl groups excluding tert-OH is 1. The Bertz CT molecular complexity index is 547. The number of carboxylic acids is 1. The van der Waals surface area contributed by atoms with Gasteiger partial charge in [-0.1, -0.05) is 13.8 Å². The zero-order chi connectivity index (χ0) is 17.8. The Morgan fingerprint density at radius 1 is 1.30 bits per heavy atom. The summed E-state index contributed by atoms with van der Waals surface area (Å²) in [5, 5.41) is 22.2. The second-order valence-corrected chi connectivity index (χ2v) is 7.95. The number of aliphatic hydroxyl groups is 1. The molecule has 0 saturated heterocycles. The zero-order valence-electron chi connectivity index (χ0n) is 14.1. The van der Waals surface area contributed by atoms with Crippen LogP contribution in [0, 0.1) is 5.92 Å². The summed E-state index contributed by atoms with van der Waals surface area (Å²) in [6.07, 6.45) is -1.04. The molecule has 0 fully saturated rings. The van der Waals surface area contributed by atoms with Gasteiger partial charge in [0.25, 0.3) is 0 Å². The Hall–Kier alpha value is -1.60. The molecule has 3 N–H and O–H groups in total. The van der Waals surface area contributed by atoms with Gasteiger partial charge in [-0.3, -0.25) is 0 Å². The van der Waals surface area contributed by atoms with Crippen molar-refractivity contribution in [2.75, 3.05) is 0 Å². The van der Waals surface area contributed by atoms with Crippen LogP contribution in [0.15, 0.2) is 12.1 Å². The van der Waals surface area contributed by atoms with Gasteiger partial charge in [0, 0.05) is 4.88 Å². The first-order chi connectivity index (χ1) is 10.5. The quantitative estimate of drug-likeness (QED) is 0.735. The van der Waals surface area contributed by atoms with Crippen molar-refractivity contribution in [2.45, 2.75) is 58.8 Å². The molecule has 0 aromatic carbocycles. The lowest BCUT2D eigenvalue weighted by atomic mass is 9.98. The molecule has 2 atom stereocenters. The topological polar surface area (TPSA) is 95.9 Å². The first-order valence-electron chi connectivity index (χ1n) is 7.50. The third kappa shape index (κ3) is 6.58. The standard InChI is InChI=1S/C16H25NO5S/c1-9(2)8-10(17-15(21)22-16(3,4)5)13(18)11-6-7-12(23-11)14(19)20/h6-7,9-10,13,18H,8H2,1-5H3,(H,17,21)(H,19,20)/t10?,13-/m0/s1. The van der Waals surface area contributed by atoms with Crippen molar-refractivity contribution >= 4 is 23.4 Å². The van der Waals surface area contributed by atoms with Crippen LogP contribution in [0.25, 0.3) is 0 Å². The average molecular weight is 343 g/mol. The van der Waals surface area contributed by atoms with Crippen molar-refractivity contribution in [3.8, 4) is 0 Å². The molecule has 130 valence electrons. The highest BCUT2D eigenvalue weighted by Crippen LogP contribution is 2.28. The first kappa shape index (κ1) is 19.4. The number of carboxylic acid groups (broad SMARTS) is 1. The van der Waals surface area contributed by atoms with Crippen molar-refractivity contribution < 1.29 is 24.5 Å². The fourth-order valence-electron chi connectivity index (χ4n) is 2.06. The molecule has 1 amide bonds. The number of amides is 1. The van der Waals surface area contributed by atoms with Crippen LogP contribution >= 0.6 is 11.3 Å². The number of carbonyl (C=O) groups is 2. The predicted molar refractivity (Wildman–Crippen MR) is 88.9 cm³/mol. The van der Waals surface area contributed by atoms with Crippen LogP contribution in [0.5, 0.6) is 0 Å². The molecule has 0 spiro atoms. The number of rotatable bonds is 6. The summed E-state index contributed by atoms with van der Waals surface area (Å²) in [6.45, 7) is 9.25. The SMILES string of the molecule is CC(C)CC(NC(=O)OC(C)(C)C)[C@H](O)c1ccc(C(=O)O)s1. The van der Waals surface area contributed by atoms with E-state index in [9.17, 15) is 14.7 Å². The van der Waals surface area contributed by atoms with Crippen LogP contribution in [0.1, 0.15) is 61.7 Å². The fraction of sp³-hybridized carbons (Fsp3) is 0.625. The minimum atomic E-state index is -1.03. The van der Waals surface area contributed by atoms with Crippen LogP contribution in [0.2, 0.25) is 0 Å². The van der Waals surface area contributed by atoms with Crippen LogP contribution in [0.4, 0.5) is 4.79 Å². The molecule has 7 heteroatoms. The van der Waals surface area contributed by atoms with Crippen molar-refractivity contribution in [1.29, 1.82) is 0 Å². The van der Waals surface area contributed by atoms with E-state index in [1.54, 1.807) is 26.8 Å². The molecule has 0 aliphatic rings. The van der Waals surface area contributed by atoms with Crippen LogP contribution in [-0.2, 0) is 4.74 Å². The third-order valence-corrected chi connectivity index (χ3v) is 4.08. The second-order valence-electron chi connectivity index (χ2n) is 6.83. The van der Waals surface area contributed by atoms with Crippen LogP contribution in [-0.4, -0.2) is 33.9 Å². The Balaban J connectivity index is 2.87. The molecule has 1 aromatic rings. The van der Waals surface area contributed by atoms with E-state index >= 15 is 0 Å². The van der Waals surface area contributed by atoms with Gasteiger partial charge in [-0.05, 0) is 45.2 Å². The Kier molecular flexibility index (Phi) is 6.58. The van der Waals surface area contributed by atoms with Gasteiger partial charge in [0.2, 0.25) is 0 Å². The molecule has 0 bridgehead atoms. The Labute approximate surface area is 140 Å². The lowest BCUT2D eigenvalue weighted by Gasteiger charge is -2.27. The molecule has 1 rings (SSSR count). The zero-order valence-corrected chi connectivity index (χ0v) is 14.9.